The van der Waals surface area contributed by atoms with Crippen molar-refractivity contribution in [1.82, 2.24) is 0 Å². The van der Waals surface area contributed by atoms with Crippen molar-refractivity contribution in [2.75, 3.05) is 5.32 Å². The lowest BCUT2D eigenvalue weighted by molar-refractivity contribution is -0.385. The van der Waals surface area contributed by atoms with Gasteiger partial charge < -0.3 is 15.8 Å². The summed E-state index contributed by atoms with van der Waals surface area (Å²) < 4.78 is 5.67. The first kappa shape index (κ1) is 26.2. The van der Waals surface area contributed by atoms with Gasteiger partial charge >= 0.3 is 5.97 Å². The largest absolute Gasteiger partial charge is 0.460 e. The monoisotopic (exact) mass is 481 g/mol. The van der Waals surface area contributed by atoms with Crippen LogP contribution in [0.1, 0.15) is 86.7 Å². The van der Waals surface area contributed by atoms with Crippen molar-refractivity contribution in [3.63, 3.8) is 0 Å². The first-order chi connectivity index (χ1) is 16.5. The maximum absolute atomic E-state index is 12.8. The van der Waals surface area contributed by atoms with Crippen LogP contribution >= 0.6 is 0 Å². The molecule has 0 bridgehead atoms. The normalized spacial score (nSPS) is 18.7. The fourth-order valence-electron chi connectivity index (χ4n) is 4.66. The molecule has 0 saturated heterocycles. The minimum atomic E-state index is -0.827. The van der Waals surface area contributed by atoms with Crippen LogP contribution in [0.25, 0.3) is 0 Å². The van der Waals surface area contributed by atoms with Crippen molar-refractivity contribution in [3.8, 4) is 0 Å². The molecule has 188 valence electrons. The highest BCUT2D eigenvalue weighted by Crippen LogP contribution is 2.35. The van der Waals surface area contributed by atoms with Crippen LogP contribution in [0.4, 0.5) is 11.4 Å². The van der Waals surface area contributed by atoms with Gasteiger partial charge in [0.2, 0.25) is 0 Å². The molecule has 1 amide bonds. The Morgan fingerprint density at radius 1 is 1.09 bits per heavy atom. The van der Waals surface area contributed by atoms with E-state index in [4.69, 9.17) is 10.5 Å². The number of anilines is 1. The van der Waals surface area contributed by atoms with Crippen molar-refractivity contribution in [3.05, 3.63) is 69.3 Å². The Balaban J connectivity index is 1.70. The Labute approximate surface area is 206 Å². The molecule has 2 aromatic rings. The van der Waals surface area contributed by atoms with E-state index < -0.39 is 16.4 Å². The molecule has 2 aromatic carbocycles. The standard InChI is InChI=1S/C27H35N3O5/c1-27(2,3)35-26(32)20-9-6-4-5-8-19(16-20)18-12-14-22(15-13-18)29-17-21-10-7-11-23(25(28)31)24(21)30(33)34/h7,10-15,19-20,29H,4-6,8-9,16-17H2,1-3H3,(H2,28,31)/t19-,20?/m1/s1. The molecule has 1 aliphatic rings. The van der Waals surface area contributed by atoms with Crippen molar-refractivity contribution in [2.45, 2.75) is 77.4 Å². The van der Waals surface area contributed by atoms with Crippen molar-refractivity contribution >= 4 is 23.3 Å². The molecule has 0 aliphatic heterocycles. The number of nitrogens with zero attached hydrogens (tertiary/aromatic N) is 1. The topological polar surface area (TPSA) is 125 Å². The zero-order valence-electron chi connectivity index (χ0n) is 20.7. The quantitative estimate of drug-likeness (QED) is 0.297. The predicted molar refractivity (Wildman–Crippen MR) is 135 cm³/mol. The smallest absolute Gasteiger partial charge is 0.309 e. The number of para-hydroxylation sites is 1. The average molecular weight is 482 g/mol. The number of ether oxygens (including phenoxy) is 1. The average Bonchev–Trinajstić information content (AvgIpc) is 2.76. The van der Waals surface area contributed by atoms with Crippen molar-refractivity contribution in [1.29, 1.82) is 0 Å². The fraction of sp³-hybridized carbons (Fsp3) is 0.481. The zero-order chi connectivity index (χ0) is 25.6. The maximum Gasteiger partial charge on any atom is 0.309 e. The van der Waals surface area contributed by atoms with Gasteiger partial charge in [0.25, 0.3) is 11.6 Å². The summed E-state index contributed by atoms with van der Waals surface area (Å²) >= 11 is 0. The van der Waals surface area contributed by atoms with Crippen LogP contribution in [-0.4, -0.2) is 22.4 Å². The number of nitrogens with two attached hydrogens (primary N) is 1. The van der Waals surface area contributed by atoms with Gasteiger partial charge in [0.1, 0.15) is 11.2 Å². The van der Waals surface area contributed by atoms with E-state index in [1.54, 1.807) is 12.1 Å². The Morgan fingerprint density at radius 3 is 2.40 bits per heavy atom. The fourth-order valence-corrected chi connectivity index (χ4v) is 4.66. The van der Waals surface area contributed by atoms with Gasteiger partial charge in [-0.25, -0.2) is 0 Å². The number of hydrogen-bond donors (Lipinski definition) is 2. The number of carbonyl (C=O) groups is 2. The number of hydrogen-bond acceptors (Lipinski definition) is 6. The number of nitrogens with one attached hydrogen (secondary N) is 1. The first-order valence-corrected chi connectivity index (χ1v) is 12.2. The van der Waals surface area contributed by atoms with Gasteiger partial charge in [-0.15, -0.1) is 0 Å². The number of esters is 1. The van der Waals surface area contributed by atoms with Crippen LogP contribution in [0.5, 0.6) is 0 Å². The molecule has 3 N–H and O–H groups in total. The van der Waals surface area contributed by atoms with Gasteiger partial charge in [-0.3, -0.25) is 19.7 Å². The van der Waals surface area contributed by atoms with Crippen LogP contribution in [-0.2, 0) is 16.1 Å². The highest BCUT2D eigenvalue weighted by molar-refractivity contribution is 5.97. The zero-order valence-corrected chi connectivity index (χ0v) is 20.7. The van der Waals surface area contributed by atoms with Gasteiger partial charge in [0.15, 0.2) is 0 Å². The maximum atomic E-state index is 12.8. The molecule has 1 fully saturated rings. The van der Waals surface area contributed by atoms with Crippen molar-refractivity contribution < 1.29 is 19.2 Å². The van der Waals surface area contributed by atoms with Crippen LogP contribution in [0.15, 0.2) is 42.5 Å². The number of nitro groups is 1. The van der Waals surface area contributed by atoms with Gasteiger partial charge in [0, 0.05) is 17.8 Å². The van der Waals surface area contributed by atoms with Gasteiger partial charge in [-0.05, 0) is 69.7 Å². The molecule has 0 aromatic heterocycles. The van der Waals surface area contributed by atoms with E-state index in [-0.39, 0.29) is 35.6 Å². The lowest BCUT2D eigenvalue weighted by atomic mass is 9.80. The number of primary amides is 1. The highest BCUT2D eigenvalue weighted by Gasteiger charge is 2.29. The molecule has 0 heterocycles. The number of amides is 1. The number of carbonyl (C=O) groups excluding carboxylic acids is 2. The number of rotatable bonds is 7. The summed E-state index contributed by atoms with van der Waals surface area (Å²) in [6.45, 7) is 5.88. The van der Waals surface area contributed by atoms with Crippen LogP contribution in [0, 0.1) is 16.0 Å². The molecule has 8 nitrogen and oxygen atoms in total. The molecule has 1 unspecified atom stereocenters. The van der Waals surface area contributed by atoms with Gasteiger partial charge in [-0.2, -0.15) is 0 Å². The minimum absolute atomic E-state index is 0.101. The molecule has 8 heteroatoms. The third-order valence-corrected chi connectivity index (χ3v) is 6.35. The summed E-state index contributed by atoms with van der Waals surface area (Å²) in [7, 11) is 0. The second-order valence-electron chi connectivity index (χ2n) is 10.2. The predicted octanol–water partition coefficient (Wildman–Crippen LogP) is 5.70. The molecule has 35 heavy (non-hydrogen) atoms. The Hall–Kier alpha value is -3.42. The molecular weight excluding hydrogens is 446 g/mol. The minimum Gasteiger partial charge on any atom is -0.460 e. The second-order valence-corrected chi connectivity index (χ2v) is 10.2. The Bertz CT molecular complexity index is 1060. The lowest BCUT2D eigenvalue weighted by Gasteiger charge is -2.28. The Kier molecular flexibility index (Phi) is 8.48. The number of nitro benzene ring substituents is 1. The summed E-state index contributed by atoms with van der Waals surface area (Å²) in [5, 5.41) is 14.7. The molecule has 2 atom stereocenters. The van der Waals surface area contributed by atoms with Gasteiger partial charge in [-0.1, -0.05) is 43.5 Å². The molecule has 0 spiro atoms. The van der Waals surface area contributed by atoms with E-state index >= 15 is 0 Å². The Morgan fingerprint density at radius 2 is 1.77 bits per heavy atom. The highest BCUT2D eigenvalue weighted by atomic mass is 16.6. The van der Waals surface area contributed by atoms with E-state index in [2.05, 4.69) is 17.4 Å². The van der Waals surface area contributed by atoms with E-state index in [0.717, 1.165) is 44.2 Å². The van der Waals surface area contributed by atoms with Crippen LogP contribution < -0.4 is 11.1 Å². The molecule has 0 radical (unpaired) electrons. The number of benzene rings is 2. The molecule has 3 rings (SSSR count). The summed E-state index contributed by atoms with van der Waals surface area (Å²) in [6.07, 6.45) is 5.94. The van der Waals surface area contributed by atoms with Crippen LogP contribution in [0.2, 0.25) is 0 Å². The summed E-state index contributed by atoms with van der Waals surface area (Å²) in [5.41, 5.74) is 6.80. The van der Waals surface area contributed by atoms with Crippen molar-refractivity contribution in [2.24, 2.45) is 11.7 Å². The third-order valence-electron chi connectivity index (χ3n) is 6.35. The first-order valence-electron chi connectivity index (χ1n) is 12.2. The van der Waals surface area contributed by atoms with Gasteiger partial charge in [0.05, 0.1) is 10.8 Å². The SMILES string of the molecule is CC(C)(C)OC(=O)C1CCCCC[C@@H](c2ccc(NCc3cccc(C(N)=O)c3[N+](=O)[O-])cc2)C1. The summed E-state index contributed by atoms with van der Waals surface area (Å²) in [5.74, 6) is -0.764. The van der Waals surface area contributed by atoms with E-state index in [0.29, 0.717) is 5.56 Å². The molecular formula is C27H35N3O5. The van der Waals surface area contributed by atoms with E-state index in [9.17, 15) is 19.7 Å². The summed E-state index contributed by atoms with van der Waals surface area (Å²) in [6, 6.07) is 12.5. The summed E-state index contributed by atoms with van der Waals surface area (Å²) in [4.78, 5) is 35.3. The van der Waals surface area contributed by atoms with E-state index in [1.165, 1.54) is 11.6 Å². The second kappa shape index (κ2) is 11.3. The van der Waals surface area contributed by atoms with Crippen LogP contribution in [0.3, 0.4) is 0 Å². The lowest BCUT2D eigenvalue weighted by Crippen LogP contribution is -2.30. The molecule has 1 aliphatic carbocycles. The molecule has 1 saturated carbocycles. The van der Waals surface area contributed by atoms with E-state index in [1.807, 2.05) is 32.9 Å². The third kappa shape index (κ3) is 7.28.